The smallest absolute Gasteiger partial charge is 0.309 e. The van der Waals surface area contributed by atoms with Gasteiger partial charge in [-0.05, 0) is 23.8 Å². The number of aliphatic hydroxyl groups is 1. The molecule has 3 aromatic heterocycles. The lowest BCUT2D eigenvalue weighted by Gasteiger charge is -2.36. The molecule has 6 rings (SSSR count). The summed E-state index contributed by atoms with van der Waals surface area (Å²) in [5.41, 5.74) is 5.99. The number of benzene rings is 2. The van der Waals surface area contributed by atoms with Crippen molar-refractivity contribution >= 4 is 34.8 Å². The van der Waals surface area contributed by atoms with Crippen LogP contribution >= 0.6 is 23.2 Å². The molecular weight excluding hydrogens is 629 g/mol. The molecule has 0 bridgehead atoms. The van der Waals surface area contributed by atoms with Crippen LogP contribution in [0.2, 0.25) is 10.0 Å². The Kier molecular flexibility index (Phi) is 9.34. The topological polar surface area (TPSA) is 129 Å². The van der Waals surface area contributed by atoms with E-state index in [0.717, 1.165) is 33.4 Å². The number of rotatable bonds is 11. The van der Waals surface area contributed by atoms with Crippen molar-refractivity contribution in [3.63, 3.8) is 0 Å². The van der Waals surface area contributed by atoms with E-state index in [1.54, 1.807) is 19.5 Å². The minimum absolute atomic E-state index is 0.0384. The Morgan fingerprint density at radius 2 is 1.70 bits per heavy atom. The van der Waals surface area contributed by atoms with Gasteiger partial charge >= 0.3 is 5.97 Å². The second-order valence-corrected chi connectivity index (χ2v) is 11.8. The van der Waals surface area contributed by atoms with Crippen molar-refractivity contribution in [1.29, 1.82) is 0 Å². The van der Waals surface area contributed by atoms with E-state index in [1.165, 1.54) is 4.40 Å². The van der Waals surface area contributed by atoms with Gasteiger partial charge in [-0.2, -0.15) is 0 Å². The average molecular weight is 661 g/mol. The second-order valence-electron chi connectivity index (χ2n) is 11.1. The first kappa shape index (κ1) is 31.7. The standard InChI is InChI=1S/C34H31Cl2N5O5/c1-46-32-21(15-37-11-13-42)8-9-28(39-32)27-7-3-6-26(31(27)36)25-5-2-4-24(30(25)35)20-10-12-41-29(14-20)38-16-22(33(41)43)17-40-18-23(19-40)34(44)45/h2-10,12,14,16,23,37,42H,11,13,15,17-19H2,1H3,(H,44,45). The number of ether oxygens (including phenoxy) is 1. The van der Waals surface area contributed by atoms with Gasteiger partial charge in [0.25, 0.3) is 5.56 Å². The average Bonchev–Trinajstić information content (AvgIpc) is 3.04. The number of hydrogen-bond donors (Lipinski definition) is 3. The summed E-state index contributed by atoms with van der Waals surface area (Å²) >= 11 is 14.1. The SMILES string of the molecule is COc1nc(-c2cccc(-c3cccc(-c4ccn5c(=O)c(CN6CC(C(=O)O)C6)cnc5c4)c3Cl)c2Cl)ccc1CNCCO. The van der Waals surface area contributed by atoms with E-state index in [0.29, 0.717) is 65.6 Å². The summed E-state index contributed by atoms with van der Waals surface area (Å²) in [6.07, 6.45) is 3.23. The minimum Gasteiger partial charge on any atom is -0.481 e. The Labute approximate surface area is 274 Å². The molecule has 1 aliphatic heterocycles. The van der Waals surface area contributed by atoms with Gasteiger partial charge < -0.3 is 20.3 Å². The summed E-state index contributed by atoms with van der Waals surface area (Å²) in [5, 5.41) is 22.3. The number of nitrogens with zero attached hydrogens (tertiary/aromatic N) is 4. The first-order chi connectivity index (χ1) is 22.3. The van der Waals surface area contributed by atoms with Crippen LogP contribution in [0.1, 0.15) is 11.1 Å². The third-order valence-electron chi connectivity index (χ3n) is 8.09. The molecule has 2 aromatic carbocycles. The number of aliphatic carboxylic acids is 1. The van der Waals surface area contributed by atoms with E-state index in [-0.39, 0.29) is 12.2 Å². The lowest BCUT2D eigenvalue weighted by molar-refractivity contribution is -0.147. The number of likely N-dealkylation sites (tertiary alicyclic amines) is 1. The number of carboxylic acids is 1. The molecule has 12 heteroatoms. The molecule has 46 heavy (non-hydrogen) atoms. The zero-order chi connectivity index (χ0) is 32.4. The highest BCUT2D eigenvalue weighted by molar-refractivity contribution is 6.39. The Balaban J connectivity index is 1.29. The van der Waals surface area contributed by atoms with Crippen molar-refractivity contribution in [2.24, 2.45) is 5.92 Å². The van der Waals surface area contributed by atoms with E-state index >= 15 is 0 Å². The molecule has 0 amide bonds. The van der Waals surface area contributed by atoms with Gasteiger partial charge in [-0.15, -0.1) is 0 Å². The van der Waals surface area contributed by atoms with E-state index in [9.17, 15) is 9.59 Å². The normalized spacial score (nSPS) is 13.6. The predicted molar refractivity (Wildman–Crippen MR) is 177 cm³/mol. The third-order valence-corrected chi connectivity index (χ3v) is 8.91. The molecule has 4 heterocycles. The molecule has 236 valence electrons. The van der Waals surface area contributed by atoms with Gasteiger partial charge in [0.15, 0.2) is 0 Å². The largest absolute Gasteiger partial charge is 0.481 e. The van der Waals surface area contributed by atoms with Crippen molar-refractivity contribution in [2.45, 2.75) is 13.1 Å². The van der Waals surface area contributed by atoms with Gasteiger partial charge in [-0.1, -0.05) is 65.7 Å². The van der Waals surface area contributed by atoms with Crippen LogP contribution in [0.4, 0.5) is 0 Å². The van der Waals surface area contributed by atoms with Gasteiger partial charge in [0.05, 0.1) is 40.9 Å². The first-order valence-electron chi connectivity index (χ1n) is 14.7. The van der Waals surface area contributed by atoms with E-state index < -0.39 is 11.9 Å². The van der Waals surface area contributed by atoms with Crippen LogP contribution in [0.3, 0.4) is 0 Å². The number of nitrogens with one attached hydrogen (secondary N) is 1. The summed E-state index contributed by atoms with van der Waals surface area (Å²) in [7, 11) is 1.56. The number of hydrogen-bond acceptors (Lipinski definition) is 8. The van der Waals surface area contributed by atoms with Crippen LogP contribution in [0.25, 0.3) is 39.2 Å². The summed E-state index contributed by atoms with van der Waals surface area (Å²) in [5.74, 6) is -0.746. The van der Waals surface area contributed by atoms with Crippen LogP contribution in [-0.4, -0.2) is 68.8 Å². The molecule has 10 nitrogen and oxygen atoms in total. The van der Waals surface area contributed by atoms with Crippen LogP contribution in [0, 0.1) is 5.92 Å². The maximum absolute atomic E-state index is 13.2. The van der Waals surface area contributed by atoms with Crippen molar-refractivity contribution in [3.8, 4) is 39.4 Å². The Hall–Kier alpha value is -4.32. The number of fused-ring (bicyclic) bond motifs is 1. The van der Waals surface area contributed by atoms with Crippen LogP contribution in [0.15, 0.2) is 77.9 Å². The lowest BCUT2D eigenvalue weighted by atomic mass is 9.97. The Morgan fingerprint density at radius 3 is 2.39 bits per heavy atom. The fraction of sp³-hybridized carbons (Fsp3) is 0.235. The van der Waals surface area contributed by atoms with Gasteiger partial charge in [0.2, 0.25) is 5.88 Å². The minimum atomic E-state index is -0.818. The highest BCUT2D eigenvalue weighted by Crippen LogP contribution is 2.42. The molecule has 0 spiro atoms. The van der Waals surface area contributed by atoms with Crippen molar-refractivity contribution in [3.05, 3.63) is 105 Å². The predicted octanol–water partition coefficient (Wildman–Crippen LogP) is 5.00. The van der Waals surface area contributed by atoms with Gasteiger partial charge in [-0.3, -0.25) is 18.9 Å². The molecule has 5 aromatic rings. The number of carboxylic acid groups (broad SMARTS) is 1. The van der Waals surface area contributed by atoms with Crippen LogP contribution in [0.5, 0.6) is 5.88 Å². The molecule has 1 fully saturated rings. The quantitative estimate of drug-likeness (QED) is 0.168. The van der Waals surface area contributed by atoms with Crippen molar-refractivity contribution < 1.29 is 19.7 Å². The summed E-state index contributed by atoms with van der Waals surface area (Å²) in [4.78, 5) is 35.5. The molecule has 0 saturated carbocycles. The molecular formula is C34H31Cl2N5O5. The van der Waals surface area contributed by atoms with E-state index in [4.69, 9.17) is 43.1 Å². The highest BCUT2D eigenvalue weighted by Gasteiger charge is 2.32. The van der Waals surface area contributed by atoms with E-state index in [2.05, 4.69) is 10.3 Å². The zero-order valence-electron chi connectivity index (χ0n) is 24.9. The van der Waals surface area contributed by atoms with Crippen LogP contribution < -0.4 is 15.6 Å². The van der Waals surface area contributed by atoms with Gasteiger partial charge in [0.1, 0.15) is 5.65 Å². The van der Waals surface area contributed by atoms with Gasteiger partial charge in [-0.25, -0.2) is 9.97 Å². The highest BCUT2D eigenvalue weighted by atomic mass is 35.5. The molecule has 0 atom stereocenters. The molecule has 0 unspecified atom stereocenters. The molecule has 1 saturated heterocycles. The monoisotopic (exact) mass is 659 g/mol. The number of pyridine rings is 2. The summed E-state index contributed by atoms with van der Waals surface area (Å²) in [6, 6.07) is 18.8. The number of halogens is 2. The molecule has 0 aliphatic carbocycles. The fourth-order valence-electron chi connectivity index (χ4n) is 5.62. The third kappa shape index (κ3) is 6.22. The number of aromatic nitrogens is 3. The summed E-state index contributed by atoms with van der Waals surface area (Å²) in [6.45, 7) is 2.18. The maximum Gasteiger partial charge on any atom is 0.309 e. The van der Waals surface area contributed by atoms with Crippen molar-refractivity contribution in [2.75, 3.05) is 33.4 Å². The van der Waals surface area contributed by atoms with E-state index in [1.807, 2.05) is 65.6 Å². The number of aliphatic hydroxyl groups excluding tert-OH is 1. The molecule has 1 aliphatic rings. The summed E-state index contributed by atoms with van der Waals surface area (Å²) < 4.78 is 7.02. The second kappa shape index (κ2) is 13.6. The molecule has 0 radical (unpaired) electrons. The van der Waals surface area contributed by atoms with Gasteiger partial charge in [0, 0.05) is 72.9 Å². The fourth-order valence-corrected chi connectivity index (χ4v) is 6.28. The number of carbonyl (C=O) groups is 1. The number of methoxy groups -OCH3 is 1. The zero-order valence-corrected chi connectivity index (χ0v) is 26.4. The van der Waals surface area contributed by atoms with Crippen LogP contribution in [-0.2, 0) is 17.9 Å². The van der Waals surface area contributed by atoms with Crippen molar-refractivity contribution in [1.82, 2.24) is 24.6 Å². The lowest BCUT2D eigenvalue weighted by Crippen LogP contribution is -2.50. The Morgan fingerprint density at radius 1 is 1.00 bits per heavy atom. The Bertz CT molecular complexity index is 1990. The molecule has 3 N–H and O–H groups in total. The first-order valence-corrected chi connectivity index (χ1v) is 15.4. The maximum atomic E-state index is 13.2.